The van der Waals surface area contributed by atoms with Gasteiger partial charge < -0.3 is 14.8 Å². The molecule has 0 saturated carbocycles. The maximum Gasteiger partial charge on any atom is 0.234 e. The Morgan fingerprint density at radius 2 is 1.93 bits per heavy atom. The molecule has 0 unspecified atom stereocenters. The Bertz CT molecular complexity index is 788. The fourth-order valence-electron chi connectivity index (χ4n) is 3.27. The number of thiazole rings is 1. The Labute approximate surface area is 170 Å². The van der Waals surface area contributed by atoms with Crippen molar-refractivity contribution in [3.05, 3.63) is 29.3 Å². The minimum absolute atomic E-state index is 0.105. The van der Waals surface area contributed by atoms with Crippen LogP contribution in [0.25, 0.3) is 10.6 Å². The smallest absolute Gasteiger partial charge is 0.234 e. The van der Waals surface area contributed by atoms with E-state index in [1.807, 2.05) is 25.1 Å². The van der Waals surface area contributed by atoms with Crippen LogP contribution in [0.5, 0.6) is 11.5 Å². The molecule has 152 valence electrons. The molecule has 7 nitrogen and oxygen atoms in total. The van der Waals surface area contributed by atoms with Gasteiger partial charge in [0.1, 0.15) is 16.5 Å². The molecule has 3 rings (SSSR count). The quantitative estimate of drug-likeness (QED) is 0.727. The lowest BCUT2D eigenvalue weighted by Crippen LogP contribution is -2.49. The molecule has 28 heavy (non-hydrogen) atoms. The second-order valence-electron chi connectivity index (χ2n) is 6.72. The lowest BCUT2D eigenvalue weighted by atomic mass is 10.2. The summed E-state index contributed by atoms with van der Waals surface area (Å²) in [6, 6.07) is 5.79. The van der Waals surface area contributed by atoms with Gasteiger partial charge in [-0.05, 0) is 19.1 Å². The number of hydrogen-bond donors (Lipinski definition) is 1. The number of rotatable bonds is 8. The molecule has 8 heteroatoms. The first-order valence-electron chi connectivity index (χ1n) is 9.51. The predicted molar refractivity (Wildman–Crippen MR) is 111 cm³/mol. The highest BCUT2D eigenvalue weighted by Crippen LogP contribution is 2.35. The third-order valence-corrected chi connectivity index (χ3v) is 5.71. The Morgan fingerprint density at radius 1 is 1.18 bits per heavy atom. The molecule has 2 heterocycles. The number of benzene rings is 1. The first-order chi connectivity index (χ1) is 13.6. The summed E-state index contributed by atoms with van der Waals surface area (Å²) in [6.07, 6.45) is 0. The van der Waals surface area contributed by atoms with Gasteiger partial charge in [0, 0.05) is 50.7 Å². The van der Waals surface area contributed by atoms with E-state index in [1.165, 1.54) is 0 Å². The monoisotopic (exact) mass is 404 g/mol. The molecule has 0 spiro atoms. The highest BCUT2D eigenvalue weighted by Gasteiger charge is 2.20. The molecule has 1 aliphatic rings. The van der Waals surface area contributed by atoms with Crippen LogP contribution >= 0.6 is 11.3 Å². The van der Waals surface area contributed by atoms with Gasteiger partial charge in [0.15, 0.2) is 0 Å². The summed E-state index contributed by atoms with van der Waals surface area (Å²) >= 11 is 1.63. The largest absolute Gasteiger partial charge is 0.497 e. The van der Waals surface area contributed by atoms with E-state index in [0.29, 0.717) is 13.1 Å². The van der Waals surface area contributed by atoms with Crippen molar-refractivity contribution in [2.45, 2.75) is 13.5 Å². The molecular formula is C20H28N4O3S. The minimum atomic E-state index is 0.105. The molecule has 1 fully saturated rings. The van der Waals surface area contributed by atoms with Gasteiger partial charge in [-0.25, -0.2) is 4.98 Å². The zero-order valence-corrected chi connectivity index (χ0v) is 17.6. The average molecular weight is 405 g/mol. The van der Waals surface area contributed by atoms with Gasteiger partial charge in [0.25, 0.3) is 0 Å². The number of amides is 1. The molecule has 1 aromatic carbocycles. The maximum atomic E-state index is 11.7. The number of nitrogens with zero attached hydrogens (tertiary/aromatic N) is 3. The molecule has 0 bridgehead atoms. The van der Waals surface area contributed by atoms with Gasteiger partial charge in [0.05, 0.1) is 32.0 Å². The first kappa shape index (κ1) is 20.6. The Balaban J connectivity index is 1.57. The van der Waals surface area contributed by atoms with Crippen molar-refractivity contribution < 1.29 is 14.3 Å². The van der Waals surface area contributed by atoms with E-state index >= 15 is 0 Å². The molecule has 1 saturated heterocycles. The molecule has 0 radical (unpaired) electrons. The number of nitrogens with one attached hydrogen (secondary N) is 1. The number of likely N-dealkylation sites (N-methyl/N-ethyl adjacent to an activating group) is 1. The predicted octanol–water partition coefficient (Wildman–Crippen LogP) is 2.08. The molecule has 1 amide bonds. The second kappa shape index (κ2) is 9.86. The number of methoxy groups -OCH3 is 2. The number of ether oxygens (including phenoxy) is 2. The van der Waals surface area contributed by atoms with Crippen LogP contribution in [0.15, 0.2) is 23.6 Å². The van der Waals surface area contributed by atoms with Crippen LogP contribution < -0.4 is 14.8 Å². The fourth-order valence-corrected chi connectivity index (χ4v) is 4.11. The number of piperazine rings is 1. The van der Waals surface area contributed by atoms with Crippen molar-refractivity contribution >= 4 is 17.2 Å². The standard InChI is InChI=1S/C20H28N4O3S/c1-4-21-19(25)13-24-9-7-23(8-10-24)12-15-14-28-20(22-15)17-6-5-16(26-2)11-18(17)27-3/h5-6,11,14H,4,7-10,12-13H2,1-3H3,(H,21,25). The maximum absolute atomic E-state index is 11.7. The normalized spacial score (nSPS) is 15.4. The van der Waals surface area contributed by atoms with E-state index in [0.717, 1.165) is 60.5 Å². The van der Waals surface area contributed by atoms with Crippen molar-refractivity contribution in [3.8, 4) is 22.1 Å². The van der Waals surface area contributed by atoms with Gasteiger partial charge in [-0.2, -0.15) is 0 Å². The highest BCUT2D eigenvalue weighted by molar-refractivity contribution is 7.13. The lowest BCUT2D eigenvalue weighted by Gasteiger charge is -2.33. The van der Waals surface area contributed by atoms with Crippen LogP contribution in [0.4, 0.5) is 0 Å². The fraction of sp³-hybridized carbons (Fsp3) is 0.500. The van der Waals surface area contributed by atoms with Crippen LogP contribution in [0, 0.1) is 0 Å². The van der Waals surface area contributed by atoms with Gasteiger partial charge >= 0.3 is 0 Å². The Kier molecular flexibility index (Phi) is 7.24. The topological polar surface area (TPSA) is 66.9 Å². The molecule has 1 N–H and O–H groups in total. The third kappa shape index (κ3) is 5.21. The second-order valence-corrected chi connectivity index (χ2v) is 7.57. The molecule has 0 atom stereocenters. The Hall–Kier alpha value is -2.16. The van der Waals surface area contributed by atoms with Crippen molar-refractivity contribution in [3.63, 3.8) is 0 Å². The zero-order chi connectivity index (χ0) is 19.9. The lowest BCUT2D eigenvalue weighted by molar-refractivity contribution is -0.122. The van der Waals surface area contributed by atoms with Crippen molar-refractivity contribution in [1.82, 2.24) is 20.1 Å². The van der Waals surface area contributed by atoms with Crippen LogP contribution in [0.1, 0.15) is 12.6 Å². The summed E-state index contributed by atoms with van der Waals surface area (Å²) in [5.74, 6) is 1.63. The van der Waals surface area contributed by atoms with Crippen LogP contribution in [-0.4, -0.2) is 74.2 Å². The average Bonchev–Trinajstić information content (AvgIpc) is 3.17. The van der Waals surface area contributed by atoms with Crippen molar-refractivity contribution in [2.24, 2.45) is 0 Å². The molecule has 0 aliphatic carbocycles. The number of hydrogen-bond acceptors (Lipinski definition) is 7. The van der Waals surface area contributed by atoms with E-state index < -0.39 is 0 Å². The molecule has 2 aromatic rings. The third-order valence-electron chi connectivity index (χ3n) is 4.78. The SMILES string of the molecule is CCNC(=O)CN1CCN(Cc2csc(-c3ccc(OC)cc3OC)n2)CC1. The van der Waals surface area contributed by atoms with Crippen molar-refractivity contribution in [2.75, 3.05) is 53.5 Å². The summed E-state index contributed by atoms with van der Waals surface area (Å²) in [7, 11) is 3.30. The van der Waals surface area contributed by atoms with Crippen LogP contribution in [0.2, 0.25) is 0 Å². The van der Waals surface area contributed by atoms with E-state index in [-0.39, 0.29) is 5.91 Å². The zero-order valence-electron chi connectivity index (χ0n) is 16.7. The first-order valence-corrected chi connectivity index (χ1v) is 10.4. The van der Waals surface area contributed by atoms with E-state index in [4.69, 9.17) is 14.5 Å². The van der Waals surface area contributed by atoms with Gasteiger partial charge in [-0.3, -0.25) is 14.6 Å². The summed E-state index contributed by atoms with van der Waals surface area (Å²) in [4.78, 5) is 21.1. The number of carbonyl (C=O) groups is 1. The molecule has 1 aromatic heterocycles. The van der Waals surface area contributed by atoms with E-state index in [1.54, 1.807) is 25.6 Å². The van der Waals surface area contributed by atoms with Gasteiger partial charge in [-0.15, -0.1) is 11.3 Å². The summed E-state index contributed by atoms with van der Waals surface area (Å²) in [5, 5.41) is 5.92. The van der Waals surface area contributed by atoms with Crippen LogP contribution in [-0.2, 0) is 11.3 Å². The Morgan fingerprint density at radius 3 is 2.61 bits per heavy atom. The van der Waals surface area contributed by atoms with Crippen molar-refractivity contribution in [1.29, 1.82) is 0 Å². The van der Waals surface area contributed by atoms with Gasteiger partial charge in [-0.1, -0.05) is 0 Å². The summed E-state index contributed by atoms with van der Waals surface area (Å²) in [6.45, 7) is 7.63. The van der Waals surface area contributed by atoms with Gasteiger partial charge in [0.2, 0.25) is 5.91 Å². The van der Waals surface area contributed by atoms with E-state index in [2.05, 4.69) is 20.5 Å². The highest BCUT2D eigenvalue weighted by atomic mass is 32.1. The summed E-state index contributed by atoms with van der Waals surface area (Å²) in [5.41, 5.74) is 2.04. The number of aromatic nitrogens is 1. The van der Waals surface area contributed by atoms with Crippen LogP contribution in [0.3, 0.4) is 0 Å². The number of carbonyl (C=O) groups excluding carboxylic acids is 1. The molecular weight excluding hydrogens is 376 g/mol. The minimum Gasteiger partial charge on any atom is -0.497 e. The summed E-state index contributed by atoms with van der Waals surface area (Å²) < 4.78 is 10.8. The van der Waals surface area contributed by atoms with E-state index in [9.17, 15) is 4.79 Å². The molecule has 1 aliphatic heterocycles.